The second-order valence-corrected chi connectivity index (χ2v) is 5.23. The molecule has 2 unspecified atom stereocenters. The van der Waals surface area contributed by atoms with Crippen LogP contribution in [0, 0.1) is 0 Å². The zero-order valence-electron chi connectivity index (χ0n) is 11.6. The maximum absolute atomic E-state index is 11.7. The Balaban J connectivity index is 2.55. The molecule has 0 aromatic rings. The highest BCUT2D eigenvalue weighted by atomic mass is 16.2. The third-order valence-electron chi connectivity index (χ3n) is 3.63. The van der Waals surface area contributed by atoms with Crippen molar-refractivity contribution in [3.63, 3.8) is 0 Å². The Morgan fingerprint density at radius 3 is 2.59 bits per heavy atom. The molecule has 100 valence electrons. The van der Waals surface area contributed by atoms with E-state index in [9.17, 15) is 4.79 Å². The number of nitrogens with one attached hydrogen (secondary N) is 2. The predicted octanol–water partition coefficient (Wildman–Crippen LogP) is 0.973. The lowest BCUT2D eigenvalue weighted by molar-refractivity contribution is -0.126. The van der Waals surface area contributed by atoms with Crippen molar-refractivity contribution in [1.82, 2.24) is 15.5 Å². The first-order valence-electron chi connectivity index (χ1n) is 6.77. The number of piperidine rings is 1. The molecule has 1 heterocycles. The van der Waals surface area contributed by atoms with Crippen molar-refractivity contribution >= 4 is 5.91 Å². The second-order valence-electron chi connectivity index (χ2n) is 5.23. The minimum atomic E-state index is -0.0521. The van der Waals surface area contributed by atoms with Gasteiger partial charge in [-0.05, 0) is 40.2 Å². The smallest absolute Gasteiger partial charge is 0.236 e. The van der Waals surface area contributed by atoms with Crippen LogP contribution in [-0.2, 0) is 4.79 Å². The first-order chi connectivity index (χ1) is 8.06. The molecule has 1 rings (SSSR count). The van der Waals surface area contributed by atoms with Gasteiger partial charge in [0.1, 0.15) is 0 Å². The van der Waals surface area contributed by atoms with Crippen molar-refractivity contribution in [1.29, 1.82) is 0 Å². The van der Waals surface area contributed by atoms with Crippen LogP contribution < -0.4 is 10.6 Å². The van der Waals surface area contributed by atoms with Gasteiger partial charge in [0.25, 0.3) is 0 Å². The fraction of sp³-hybridized carbons (Fsp3) is 0.923. The van der Waals surface area contributed by atoms with Gasteiger partial charge in [0.15, 0.2) is 0 Å². The SMILES string of the molecule is CNC(=O)C(C)N(CC1CCCCN1)C(C)C. The number of hydrogen-bond donors (Lipinski definition) is 2. The topological polar surface area (TPSA) is 44.4 Å². The van der Waals surface area contributed by atoms with Crippen molar-refractivity contribution in [2.24, 2.45) is 0 Å². The molecule has 1 aliphatic heterocycles. The van der Waals surface area contributed by atoms with E-state index in [0.29, 0.717) is 12.1 Å². The van der Waals surface area contributed by atoms with Crippen molar-refractivity contribution in [3.05, 3.63) is 0 Å². The lowest BCUT2D eigenvalue weighted by Crippen LogP contribution is -2.53. The lowest BCUT2D eigenvalue weighted by atomic mass is 10.0. The van der Waals surface area contributed by atoms with Gasteiger partial charge in [-0.2, -0.15) is 0 Å². The quantitative estimate of drug-likeness (QED) is 0.754. The Hall–Kier alpha value is -0.610. The van der Waals surface area contributed by atoms with E-state index >= 15 is 0 Å². The highest BCUT2D eigenvalue weighted by Crippen LogP contribution is 2.13. The van der Waals surface area contributed by atoms with Crippen molar-refractivity contribution in [2.75, 3.05) is 20.1 Å². The summed E-state index contributed by atoms with van der Waals surface area (Å²) in [5.74, 6) is 0.106. The van der Waals surface area contributed by atoms with Crippen LogP contribution in [0.3, 0.4) is 0 Å². The highest BCUT2D eigenvalue weighted by molar-refractivity contribution is 5.81. The Bertz CT molecular complexity index is 237. The number of rotatable bonds is 5. The molecule has 1 aliphatic rings. The normalized spacial score (nSPS) is 22.8. The molecule has 0 bridgehead atoms. The van der Waals surface area contributed by atoms with Gasteiger partial charge >= 0.3 is 0 Å². The summed E-state index contributed by atoms with van der Waals surface area (Å²) in [6.45, 7) is 8.38. The highest BCUT2D eigenvalue weighted by Gasteiger charge is 2.26. The van der Waals surface area contributed by atoms with E-state index in [0.717, 1.165) is 13.1 Å². The molecule has 0 aliphatic carbocycles. The van der Waals surface area contributed by atoms with Crippen LogP contribution in [0.2, 0.25) is 0 Å². The van der Waals surface area contributed by atoms with Crippen LogP contribution in [0.1, 0.15) is 40.0 Å². The van der Waals surface area contributed by atoms with Crippen molar-refractivity contribution in [2.45, 2.75) is 58.2 Å². The monoisotopic (exact) mass is 241 g/mol. The largest absolute Gasteiger partial charge is 0.358 e. The summed E-state index contributed by atoms with van der Waals surface area (Å²) in [5.41, 5.74) is 0. The predicted molar refractivity (Wildman–Crippen MR) is 71.0 cm³/mol. The molecule has 2 N–H and O–H groups in total. The van der Waals surface area contributed by atoms with Crippen molar-refractivity contribution in [3.8, 4) is 0 Å². The van der Waals surface area contributed by atoms with Crippen LogP contribution in [0.25, 0.3) is 0 Å². The van der Waals surface area contributed by atoms with Crippen LogP contribution >= 0.6 is 0 Å². The maximum Gasteiger partial charge on any atom is 0.236 e. The number of hydrogen-bond acceptors (Lipinski definition) is 3. The molecule has 17 heavy (non-hydrogen) atoms. The molecule has 4 nitrogen and oxygen atoms in total. The van der Waals surface area contributed by atoms with E-state index < -0.39 is 0 Å². The molecule has 0 aromatic heterocycles. The van der Waals surface area contributed by atoms with Crippen LogP contribution in [0.5, 0.6) is 0 Å². The van der Waals surface area contributed by atoms with E-state index in [1.165, 1.54) is 19.3 Å². The zero-order chi connectivity index (χ0) is 12.8. The maximum atomic E-state index is 11.7. The molecule has 0 radical (unpaired) electrons. The Morgan fingerprint density at radius 1 is 1.41 bits per heavy atom. The molecule has 0 spiro atoms. The number of carbonyl (C=O) groups excluding carboxylic acids is 1. The standard InChI is InChI=1S/C13H27N3O/c1-10(2)16(11(3)13(17)14-4)9-12-7-5-6-8-15-12/h10-12,15H,5-9H2,1-4H3,(H,14,17). The van der Waals surface area contributed by atoms with Gasteiger partial charge < -0.3 is 10.6 Å². The molecule has 4 heteroatoms. The van der Waals surface area contributed by atoms with Crippen LogP contribution in [0.15, 0.2) is 0 Å². The molecule has 1 saturated heterocycles. The summed E-state index contributed by atoms with van der Waals surface area (Å²) < 4.78 is 0. The third-order valence-corrected chi connectivity index (χ3v) is 3.63. The first-order valence-corrected chi connectivity index (χ1v) is 6.77. The lowest BCUT2D eigenvalue weighted by Gasteiger charge is -2.36. The number of amides is 1. The minimum Gasteiger partial charge on any atom is -0.358 e. The number of nitrogens with zero attached hydrogens (tertiary/aromatic N) is 1. The van der Waals surface area contributed by atoms with E-state index in [1.54, 1.807) is 7.05 Å². The van der Waals surface area contributed by atoms with Gasteiger partial charge in [0.05, 0.1) is 6.04 Å². The van der Waals surface area contributed by atoms with Gasteiger partial charge in [0.2, 0.25) is 5.91 Å². The summed E-state index contributed by atoms with van der Waals surface area (Å²) in [6, 6.07) is 0.882. The molecule has 0 saturated carbocycles. The molecule has 1 amide bonds. The number of carbonyl (C=O) groups is 1. The summed E-state index contributed by atoms with van der Waals surface area (Å²) in [4.78, 5) is 14.0. The summed E-state index contributed by atoms with van der Waals surface area (Å²) in [5, 5.41) is 6.28. The fourth-order valence-corrected chi connectivity index (χ4v) is 2.51. The third kappa shape index (κ3) is 4.28. The van der Waals surface area contributed by atoms with Gasteiger partial charge in [-0.25, -0.2) is 0 Å². The minimum absolute atomic E-state index is 0.0521. The summed E-state index contributed by atoms with van der Waals surface area (Å²) >= 11 is 0. The average Bonchev–Trinajstić information content (AvgIpc) is 2.35. The van der Waals surface area contributed by atoms with E-state index in [2.05, 4.69) is 29.4 Å². The summed E-state index contributed by atoms with van der Waals surface area (Å²) in [6.07, 6.45) is 3.81. The van der Waals surface area contributed by atoms with Gasteiger partial charge in [-0.1, -0.05) is 6.42 Å². The van der Waals surface area contributed by atoms with Crippen molar-refractivity contribution < 1.29 is 4.79 Å². The van der Waals surface area contributed by atoms with E-state index in [-0.39, 0.29) is 11.9 Å². The first kappa shape index (κ1) is 14.5. The van der Waals surface area contributed by atoms with E-state index in [1.807, 2.05) is 6.92 Å². The van der Waals surface area contributed by atoms with Gasteiger partial charge in [0, 0.05) is 25.7 Å². The van der Waals surface area contributed by atoms with Crippen LogP contribution in [-0.4, -0.2) is 49.1 Å². The Kier molecular flexibility index (Phi) is 5.92. The second kappa shape index (κ2) is 6.97. The molecule has 0 aromatic carbocycles. The number of likely N-dealkylation sites (N-methyl/N-ethyl adjacent to an activating group) is 1. The molecular weight excluding hydrogens is 214 g/mol. The van der Waals surface area contributed by atoms with Gasteiger partial charge in [-0.15, -0.1) is 0 Å². The fourth-order valence-electron chi connectivity index (χ4n) is 2.51. The summed E-state index contributed by atoms with van der Waals surface area (Å²) in [7, 11) is 1.70. The zero-order valence-corrected chi connectivity index (χ0v) is 11.6. The molecule has 2 atom stereocenters. The Morgan fingerprint density at radius 2 is 2.12 bits per heavy atom. The molecular formula is C13H27N3O. The van der Waals surface area contributed by atoms with Gasteiger partial charge in [-0.3, -0.25) is 9.69 Å². The Labute approximate surface area is 105 Å². The van der Waals surface area contributed by atoms with E-state index in [4.69, 9.17) is 0 Å². The molecule has 1 fully saturated rings. The van der Waals surface area contributed by atoms with Crippen LogP contribution in [0.4, 0.5) is 0 Å². The average molecular weight is 241 g/mol.